The third-order valence-electron chi connectivity index (χ3n) is 1.34. The maximum absolute atomic E-state index is 11.8. The summed E-state index contributed by atoms with van der Waals surface area (Å²) >= 11 is 0. The van der Waals surface area contributed by atoms with Crippen LogP contribution in [0, 0.1) is 0 Å². The third kappa shape index (κ3) is 3.09. The summed E-state index contributed by atoms with van der Waals surface area (Å²) in [7, 11) is 0. The van der Waals surface area contributed by atoms with Crippen molar-refractivity contribution < 1.29 is 17.9 Å². The molecule has 0 saturated carbocycles. The first-order valence-corrected chi connectivity index (χ1v) is 3.63. The molecule has 1 aromatic heterocycles. The summed E-state index contributed by atoms with van der Waals surface area (Å²) in [5, 5.41) is 0. The summed E-state index contributed by atoms with van der Waals surface area (Å²) in [6.45, 7) is 0.0704. The molecule has 7 heteroatoms. The second kappa shape index (κ2) is 3.70. The summed E-state index contributed by atoms with van der Waals surface area (Å²) in [5.74, 6) is -0.662. The Morgan fingerprint density at radius 1 is 1.36 bits per heavy atom. The van der Waals surface area contributed by atoms with Crippen LogP contribution in [0.25, 0.3) is 0 Å². The Balaban J connectivity index is 2.92. The van der Waals surface area contributed by atoms with Gasteiger partial charge in [0, 0.05) is 12.6 Å². The highest BCUT2D eigenvalue weighted by molar-refractivity contribution is 5.37. The highest BCUT2D eigenvalue weighted by Gasteiger charge is 2.31. The molecule has 0 spiro atoms. The molecule has 0 unspecified atom stereocenters. The van der Waals surface area contributed by atoms with Gasteiger partial charge in [-0.3, -0.25) is 0 Å². The summed E-state index contributed by atoms with van der Waals surface area (Å²) < 4.78 is 38.9. The second-order valence-electron chi connectivity index (χ2n) is 2.49. The third-order valence-corrected chi connectivity index (χ3v) is 1.34. The van der Waals surface area contributed by atoms with E-state index in [4.69, 9.17) is 11.5 Å². The molecular weight excluding hydrogens is 199 g/mol. The number of anilines is 1. The Labute approximate surface area is 77.7 Å². The van der Waals surface area contributed by atoms with Crippen LogP contribution in [0.5, 0.6) is 5.88 Å². The first kappa shape index (κ1) is 10.6. The quantitative estimate of drug-likeness (QED) is 0.759. The molecular formula is C7H8F3N3O. The van der Waals surface area contributed by atoms with Gasteiger partial charge in [0.2, 0.25) is 5.88 Å². The van der Waals surface area contributed by atoms with Crippen molar-refractivity contribution in [2.75, 3.05) is 5.73 Å². The minimum Gasteiger partial charge on any atom is -0.388 e. The predicted octanol–water partition coefficient (Wildman–Crippen LogP) is 1.02. The summed E-state index contributed by atoms with van der Waals surface area (Å²) in [6, 6.07) is 2.47. The highest BCUT2D eigenvalue weighted by atomic mass is 19.4. The zero-order valence-electron chi connectivity index (χ0n) is 7.01. The van der Waals surface area contributed by atoms with Crippen molar-refractivity contribution in [2.45, 2.75) is 12.9 Å². The van der Waals surface area contributed by atoms with Crippen LogP contribution in [0.2, 0.25) is 0 Å². The van der Waals surface area contributed by atoms with Crippen LogP contribution in [-0.4, -0.2) is 11.3 Å². The molecule has 0 aliphatic carbocycles. The van der Waals surface area contributed by atoms with E-state index >= 15 is 0 Å². The van der Waals surface area contributed by atoms with E-state index in [1.54, 1.807) is 0 Å². The van der Waals surface area contributed by atoms with Crippen molar-refractivity contribution in [1.29, 1.82) is 0 Å². The molecule has 0 radical (unpaired) electrons. The lowest BCUT2D eigenvalue weighted by Gasteiger charge is -2.09. The van der Waals surface area contributed by atoms with E-state index < -0.39 is 12.2 Å². The maximum atomic E-state index is 11.8. The standard InChI is InChI=1S/C7H8F3N3O/c8-7(9,10)14-6-2-4(3-11)1-5(12)13-6/h1-2H,3,11H2,(H2,12,13). The summed E-state index contributed by atoms with van der Waals surface area (Å²) in [4.78, 5) is 3.35. The van der Waals surface area contributed by atoms with E-state index in [1.165, 1.54) is 6.07 Å². The predicted molar refractivity (Wildman–Crippen MR) is 43.2 cm³/mol. The van der Waals surface area contributed by atoms with Gasteiger partial charge in [-0.1, -0.05) is 0 Å². The number of hydrogen-bond acceptors (Lipinski definition) is 4. The monoisotopic (exact) mass is 207 g/mol. The molecule has 1 heterocycles. The molecule has 0 fully saturated rings. The lowest BCUT2D eigenvalue weighted by Crippen LogP contribution is -2.18. The van der Waals surface area contributed by atoms with E-state index in [1.807, 2.05) is 0 Å². The maximum Gasteiger partial charge on any atom is 0.574 e. The van der Waals surface area contributed by atoms with Crippen LogP contribution < -0.4 is 16.2 Å². The minimum absolute atomic E-state index is 0.0628. The topological polar surface area (TPSA) is 74.2 Å². The molecule has 14 heavy (non-hydrogen) atoms. The fourth-order valence-corrected chi connectivity index (χ4v) is 0.871. The Hall–Kier alpha value is -1.50. The van der Waals surface area contributed by atoms with Crippen molar-refractivity contribution in [2.24, 2.45) is 5.73 Å². The van der Waals surface area contributed by atoms with Gasteiger partial charge in [-0.05, 0) is 11.6 Å². The number of rotatable bonds is 2. The smallest absolute Gasteiger partial charge is 0.388 e. The number of aromatic nitrogens is 1. The van der Waals surface area contributed by atoms with Crippen LogP contribution in [0.3, 0.4) is 0 Å². The van der Waals surface area contributed by atoms with Crippen LogP contribution in [0.15, 0.2) is 12.1 Å². The van der Waals surface area contributed by atoms with E-state index in [-0.39, 0.29) is 12.4 Å². The van der Waals surface area contributed by atoms with Gasteiger partial charge in [0.15, 0.2) is 0 Å². The van der Waals surface area contributed by atoms with E-state index in [2.05, 4.69) is 9.72 Å². The minimum atomic E-state index is -4.77. The molecule has 0 amide bonds. The lowest BCUT2D eigenvalue weighted by atomic mass is 10.2. The van der Waals surface area contributed by atoms with Crippen molar-refractivity contribution in [3.8, 4) is 5.88 Å². The van der Waals surface area contributed by atoms with Crippen molar-refractivity contribution in [1.82, 2.24) is 4.98 Å². The number of halogens is 3. The molecule has 4 nitrogen and oxygen atoms in total. The largest absolute Gasteiger partial charge is 0.574 e. The van der Waals surface area contributed by atoms with E-state index in [0.29, 0.717) is 5.56 Å². The van der Waals surface area contributed by atoms with Crippen LogP contribution in [0.1, 0.15) is 5.56 Å². The lowest BCUT2D eigenvalue weighted by molar-refractivity contribution is -0.276. The molecule has 0 saturated heterocycles. The van der Waals surface area contributed by atoms with Gasteiger partial charge in [-0.2, -0.15) is 4.98 Å². The Morgan fingerprint density at radius 2 is 2.00 bits per heavy atom. The first-order chi connectivity index (χ1) is 6.40. The van der Waals surface area contributed by atoms with Gasteiger partial charge in [0.25, 0.3) is 0 Å². The van der Waals surface area contributed by atoms with Crippen molar-refractivity contribution >= 4 is 5.82 Å². The van der Waals surface area contributed by atoms with Gasteiger partial charge in [-0.25, -0.2) is 0 Å². The molecule has 4 N–H and O–H groups in total. The Kier molecular flexibility index (Phi) is 2.80. The molecule has 0 bridgehead atoms. The molecule has 78 valence electrons. The summed E-state index contributed by atoms with van der Waals surface area (Å²) in [5.41, 5.74) is 10.9. The van der Waals surface area contributed by atoms with Crippen molar-refractivity contribution in [3.05, 3.63) is 17.7 Å². The van der Waals surface area contributed by atoms with Crippen molar-refractivity contribution in [3.63, 3.8) is 0 Å². The molecule has 0 aliphatic heterocycles. The number of hydrogen-bond donors (Lipinski definition) is 2. The molecule has 0 atom stereocenters. The fourth-order valence-electron chi connectivity index (χ4n) is 0.871. The first-order valence-electron chi connectivity index (χ1n) is 3.63. The number of nitrogen functional groups attached to an aromatic ring is 1. The summed E-state index contributed by atoms with van der Waals surface area (Å²) in [6.07, 6.45) is -4.77. The number of alkyl halides is 3. The Bertz CT molecular complexity index is 326. The Morgan fingerprint density at radius 3 is 2.50 bits per heavy atom. The van der Waals surface area contributed by atoms with E-state index in [9.17, 15) is 13.2 Å². The fraction of sp³-hybridized carbons (Fsp3) is 0.286. The second-order valence-corrected chi connectivity index (χ2v) is 2.49. The van der Waals surface area contributed by atoms with Crippen LogP contribution in [0.4, 0.5) is 19.0 Å². The number of ether oxygens (including phenoxy) is 1. The van der Waals surface area contributed by atoms with Gasteiger partial charge in [0.1, 0.15) is 5.82 Å². The van der Waals surface area contributed by atoms with E-state index in [0.717, 1.165) is 6.07 Å². The molecule has 1 rings (SSSR count). The molecule has 0 aliphatic rings. The van der Waals surface area contributed by atoms with Gasteiger partial charge < -0.3 is 16.2 Å². The van der Waals surface area contributed by atoms with Crippen LogP contribution in [-0.2, 0) is 6.54 Å². The highest BCUT2D eigenvalue weighted by Crippen LogP contribution is 2.22. The zero-order valence-corrected chi connectivity index (χ0v) is 7.01. The molecule has 0 aromatic carbocycles. The number of nitrogens with two attached hydrogens (primary N) is 2. The zero-order chi connectivity index (χ0) is 10.8. The van der Waals surface area contributed by atoms with Crippen LogP contribution >= 0.6 is 0 Å². The SMILES string of the molecule is NCc1cc(N)nc(OC(F)(F)F)c1. The number of nitrogens with zero attached hydrogens (tertiary/aromatic N) is 1. The number of pyridine rings is 1. The normalized spacial score (nSPS) is 11.4. The average Bonchev–Trinajstić information content (AvgIpc) is 1.99. The van der Waals surface area contributed by atoms with Gasteiger partial charge >= 0.3 is 6.36 Å². The average molecular weight is 207 g/mol. The van der Waals surface area contributed by atoms with Gasteiger partial charge in [0.05, 0.1) is 0 Å². The molecule has 1 aromatic rings. The van der Waals surface area contributed by atoms with Gasteiger partial charge in [-0.15, -0.1) is 13.2 Å².